The summed E-state index contributed by atoms with van der Waals surface area (Å²) in [6, 6.07) is 19.3. The van der Waals surface area contributed by atoms with E-state index in [-0.39, 0.29) is 29.9 Å². The van der Waals surface area contributed by atoms with E-state index < -0.39 is 0 Å². The largest absolute Gasteiger partial charge is 0.369 e. The maximum atomic E-state index is 11.1. The molecule has 0 atom stereocenters. The third kappa shape index (κ3) is 9.08. The second-order valence-electron chi connectivity index (χ2n) is 7.42. The van der Waals surface area contributed by atoms with Gasteiger partial charge in [-0.2, -0.15) is 0 Å². The Morgan fingerprint density at radius 2 is 1.74 bits per heavy atom. The first kappa shape index (κ1) is 25.5. The van der Waals surface area contributed by atoms with Gasteiger partial charge in [-0.15, -0.1) is 24.0 Å². The number of primary amides is 1. The molecule has 0 unspecified atom stereocenters. The fourth-order valence-corrected chi connectivity index (χ4v) is 4.26. The summed E-state index contributed by atoms with van der Waals surface area (Å²) in [4.78, 5) is 20.4. The Kier molecular flexibility index (Phi) is 11.2. The van der Waals surface area contributed by atoms with E-state index in [1.807, 2.05) is 6.07 Å². The van der Waals surface area contributed by atoms with Gasteiger partial charge in [-0.05, 0) is 49.6 Å². The monoisotopic (exact) mass is 553 g/mol. The second-order valence-corrected chi connectivity index (χ2v) is 8.56. The minimum absolute atomic E-state index is 0. The molecule has 0 aromatic heterocycles. The fraction of sp³-hybridized carbons (Fsp3) is 0.391. The van der Waals surface area contributed by atoms with E-state index in [2.05, 4.69) is 71.0 Å². The molecule has 0 aliphatic carbocycles. The van der Waals surface area contributed by atoms with Crippen molar-refractivity contribution < 1.29 is 4.79 Å². The Balaban J connectivity index is 0.00000341. The van der Waals surface area contributed by atoms with Crippen molar-refractivity contribution in [3.8, 4) is 0 Å². The summed E-state index contributed by atoms with van der Waals surface area (Å²) < 4.78 is 0. The van der Waals surface area contributed by atoms with Gasteiger partial charge in [-0.25, -0.2) is 4.99 Å². The second kappa shape index (κ2) is 13.6. The van der Waals surface area contributed by atoms with Gasteiger partial charge in [0.1, 0.15) is 0 Å². The molecule has 0 saturated carbocycles. The highest BCUT2D eigenvalue weighted by atomic mass is 127. The number of guanidine groups is 1. The molecule has 168 valence electrons. The van der Waals surface area contributed by atoms with Gasteiger partial charge < -0.3 is 16.4 Å². The summed E-state index contributed by atoms with van der Waals surface area (Å²) in [5, 5.41) is 6.87. The van der Waals surface area contributed by atoms with E-state index in [1.54, 1.807) is 11.8 Å². The number of nitrogens with one attached hydrogen (secondary N) is 2. The lowest BCUT2D eigenvalue weighted by molar-refractivity contribution is -0.119. The van der Waals surface area contributed by atoms with Crippen LogP contribution in [-0.4, -0.2) is 49.0 Å². The molecule has 4 N–H and O–H groups in total. The molecule has 2 aromatic rings. The van der Waals surface area contributed by atoms with Gasteiger partial charge in [0.2, 0.25) is 5.91 Å². The predicted octanol–water partition coefficient (Wildman–Crippen LogP) is 3.46. The van der Waals surface area contributed by atoms with Gasteiger partial charge in [0, 0.05) is 35.5 Å². The van der Waals surface area contributed by atoms with Crippen LogP contribution in [0.1, 0.15) is 25.3 Å². The van der Waals surface area contributed by atoms with Crippen molar-refractivity contribution >= 4 is 47.6 Å². The van der Waals surface area contributed by atoms with Crippen LogP contribution in [0.4, 0.5) is 0 Å². The van der Waals surface area contributed by atoms with E-state index in [0.29, 0.717) is 19.1 Å². The zero-order valence-corrected chi connectivity index (χ0v) is 21.1. The quantitative estimate of drug-likeness (QED) is 0.265. The van der Waals surface area contributed by atoms with Gasteiger partial charge in [-0.1, -0.05) is 42.1 Å². The highest BCUT2D eigenvalue weighted by Gasteiger charge is 2.20. The average molecular weight is 554 g/mol. The van der Waals surface area contributed by atoms with Crippen molar-refractivity contribution in [1.82, 2.24) is 15.5 Å². The van der Waals surface area contributed by atoms with Crippen LogP contribution in [0, 0.1) is 0 Å². The topological polar surface area (TPSA) is 82.8 Å². The highest BCUT2D eigenvalue weighted by Crippen LogP contribution is 2.27. The predicted molar refractivity (Wildman–Crippen MR) is 139 cm³/mol. The first-order valence-electron chi connectivity index (χ1n) is 10.5. The maximum Gasteiger partial charge on any atom is 0.231 e. The van der Waals surface area contributed by atoms with Crippen LogP contribution in [0.25, 0.3) is 0 Å². The van der Waals surface area contributed by atoms with Crippen LogP contribution in [0.2, 0.25) is 0 Å². The number of halogens is 1. The van der Waals surface area contributed by atoms with Crippen molar-refractivity contribution in [2.24, 2.45) is 10.7 Å². The summed E-state index contributed by atoms with van der Waals surface area (Å²) in [7, 11) is 0. The highest BCUT2D eigenvalue weighted by molar-refractivity contribution is 14.0. The zero-order valence-electron chi connectivity index (χ0n) is 17.9. The molecule has 1 heterocycles. The first-order chi connectivity index (χ1) is 14.6. The van der Waals surface area contributed by atoms with E-state index in [1.165, 1.54) is 15.4 Å². The number of hydrogen-bond acceptors (Lipinski definition) is 4. The number of carbonyl (C=O) groups excluding carboxylic acids is 1. The zero-order chi connectivity index (χ0) is 21.2. The van der Waals surface area contributed by atoms with Crippen LogP contribution >= 0.6 is 35.7 Å². The third-order valence-corrected chi connectivity index (χ3v) is 5.99. The molecule has 0 bridgehead atoms. The summed E-state index contributed by atoms with van der Waals surface area (Å²) in [6.45, 7) is 5.62. The van der Waals surface area contributed by atoms with Crippen LogP contribution < -0.4 is 16.4 Å². The number of hydrogen-bond donors (Lipinski definition) is 3. The Morgan fingerprint density at radius 1 is 1.10 bits per heavy atom. The first-order valence-corrected chi connectivity index (χ1v) is 11.3. The molecule has 6 nitrogen and oxygen atoms in total. The number of amides is 1. The van der Waals surface area contributed by atoms with Gasteiger partial charge in [0.05, 0.1) is 13.1 Å². The molecule has 0 radical (unpaired) electrons. The molecular formula is C23H32IN5OS. The normalized spacial score (nSPS) is 15.2. The number of nitrogens with two attached hydrogens (primary N) is 1. The molecule has 2 aromatic carbocycles. The molecule has 0 spiro atoms. The SMILES string of the molecule is CCNC(=NCc1ccc(Sc2ccccc2)cc1)NC1CCN(CC(N)=O)CC1.I. The number of rotatable bonds is 8. The molecular weight excluding hydrogens is 521 g/mol. The van der Waals surface area contributed by atoms with Crippen molar-refractivity contribution in [2.45, 2.75) is 42.1 Å². The number of aliphatic imine (C=N–C) groups is 1. The molecule has 1 saturated heterocycles. The average Bonchev–Trinajstić information content (AvgIpc) is 2.75. The molecule has 31 heavy (non-hydrogen) atoms. The Bertz CT molecular complexity index is 824. The standard InChI is InChI=1S/C23H31N5OS.HI/c1-2-25-23(27-19-12-14-28(15-13-19)17-22(24)29)26-16-18-8-10-21(11-9-18)30-20-6-4-3-5-7-20;/h3-11,19H,2,12-17H2,1H3,(H2,24,29)(H2,25,26,27);1H. The van der Waals surface area contributed by atoms with Crippen molar-refractivity contribution in [3.05, 3.63) is 60.2 Å². The van der Waals surface area contributed by atoms with E-state index in [0.717, 1.165) is 38.4 Å². The van der Waals surface area contributed by atoms with Crippen LogP contribution in [0.3, 0.4) is 0 Å². The number of carbonyl (C=O) groups is 1. The van der Waals surface area contributed by atoms with E-state index in [9.17, 15) is 4.79 Å². The van der Waals surface area contributed by atoms with Crippen molar-refractivity contribution in [3.63, 3.8) is 0 Å². The summed E-state index contributed by atoms with van der Waals surface area (Å²) >= 11 is 1.76. The summed E-state index contributed by atoms with van der Waals surface area (Å²) in [6.07, 6.45) is 1.95. The van der Waals surface area contributed by atoms with Gasteiger partial charge in [0.15, 0.2) is 5.96 Å². The summed E-state index contributed by atoms with van der Waals surface area (Å²) in [5.74, 6) is 0.582. The van der Waals surface area contributed by atoms with Crippen molar-refractivity contribution in [1.29, 1.82) is 0 Å². The van der Waals surface area contributed by atoms with Crippen LogP contribution in [0.15, 0.2) is 69.4 Å². The third-order valence-electron chi connectivity index (χ3n) is 4.97. The van der Waals surface area contributed by atoms with E-state index in [4.69, 9.17) is 10.7 Å². The van der Waals surface area contributed by atoms with Gasteiger partial charge in [0.25, 0.3) is 0 Å². The van der Waals surface area contributed by atoms with Crippen molar-refractivity contribution in [2.75, 3.05) is 26.2 Å². The minimum Gasteiger partial charge on any atom is -0.369 e. The Hall–Kier alpha value is -1.78. The molecule has 1 aliphatic heterocycles. The maximum absolute atomic E-state index is 11.1. The number of nitrogens with zero attached hydrogens (tertiary/aromatic N) is 2. The molecule has 1 fully saturated rings. The van der Waals surface area contributed by atoms with E-state index >= 15 is 0 Å². The van der Waals surface area contributed by atoms with Gasteiger partial charge in [-0.3, -0.25) is 9.69 Å². The molecule has 8 heteroatoms. The fourth-order valence-electron chi connectivity index (χ4n) is 3.43. The van der Waals surface area contributed by atoms with Crippen LogP contribution in [0.5, 0.6) is 0 Å². The smallest absolute Gasteiger partial charge is 0.231 e. The minimum atomic E-state index is -0.260. The lowest BCUT2D eigenvalue weighted by Crippen LogP contribution is -2.49. The Morgan fingerprint density at radius 3 is 2.35 bits per heavy atom. The molecule has 1 amide bonds. The Labute approximate surface area is 206 Å². The van der Waals surface area contributed by atoms with Crippen LogP contribution in [-0.2, 0) is 11.3 Å². The number of likely N-dealkylation sites (tertiary alicyclic amines) is 1. The summed E-state index contributed by atoms with van der Waals surface area (Å²) in [5.41, 5.74) is 6.48. The number of piperidine rings is 1. The molecule has 3 rings (SSSR count). The van der Waals surface area contributed by atoms with Gasteiger partial charge >= 0.3 is 0 Å². The lowest BCUT2D eigenvalue weighted by atomic mass is 10.1. The number of benzene rings is 2. The lowest BCUT2D eigenvalue weighted by Gasteiger charge is -2.32. The molecule has 1 aliphatic rings.